The maximum absolute atomic E-state index is 4.53. The molecule has 4 rings (SSSR count). The number of rotatable bonds is 3. The third-order valence-electron chi connectivity index (χ3n) is 3.98. The highest BCUT2D eigenvalue weighted by Crippen LogP contribution is 2.27. The molecule has 0 amide bonds. The lowest BCUT2D eigenvalue weighted by Crippen LogP contribution is -2.31. The first-order chi connectivity index (χ1) is 11.3. The van der Waals surface area contributed by atoms with E-state index in [-0.39, 0.29) is 0 Å². The summed E-state index contributed by atoms with van der Waals surface area (Å²) in [6.45, 7) is 3.69. The van der Waals surface area contributed by atoms with Gasteiger partial charge in [0.05, 0.1) is 5.69 Å². The molecule has 23 heavy (non-hydrogen) atoms. The van der Waals surface area contributed by atoms with E-state index in [1.54, 1.807) is 11.3 Å². The second kappa shape index (κ2) is 6.04. The van der Waals surface area contributed by atoms with Gasteiger partial charge in [0, 0.05) is 37.7 Å². The molecule has 0 N–H and O–H groups in total. The Morgan fingerprint density at radius 1 is 1.17 bits per heavy atom. The molecule has 2 aromatic heterocycles. The van der Waals surface area contributed by atoms with E-state index in [1.807, 2.05) is 19.2 Å². The predicted molar refractivity (Wildman–Crippen MR) is 90.7 cm³/mol. The number of hydrogen-bond donors (Lipinski definition) is 0. The first kappa shape index (κ1) is 14.3. The molecule has 3 aromatic rings. The lowest BCUT2D eigenvalue weighted by molar-refractivity contribution is 0.693. The Labute approximate surface area is 139 Å². The third-order valence-corrected chi connectivity index (χ3v) is 4.96. The zero-order valence-electron chi connectivity index (χ0n) is 12.9. The van der Waals surface area contributed by atoms with Crippen LogP contribution in [0.5, 0.6) is 0 Å². The van der Waals surface area contributed by atoms with E-state index in [2.05, 4.69) is 49.3 Å². The van der Waals surface area contributed by atoms with Crippen molar-refractivity contribution in [2.75, 3.05) is 11.4 Å². The van der Waals surface area contributed by atoms with Crippen LogP contribution in [0.15, 0.2) is 36.5 Å². The van der Waals surface area contributed by atoms with Crippen molar-refractivity contribution in [3.8, 4) is 0 Å². The number of aryl methyl sites for hydroxylation is 1. The molecule has 3 heterocycles. The molecule has 0 saturated carbocycles. The fourth-order valence-corrected chi connectivity index (χ4v) is 3.69. The average Bonchev–Trinajstić information content (AvgIpc) is 3.04. The second-order valence-corrected chi connectivity index (χ2v) is 6.74. The minimum Gasteiger partial charge on any atom is -0.342 e. The Bertz CT molecular complexity index is 815. The van der Waals surface area contributed by atoms with Crippen LogP contribution in [-0.4, -0.2) is 26.7 Å². The van der Waals surface area contributed by atoms with Crippen LogP contribution in [0.1, 0.15) is 27.7 Å². The maximum atomic E-state index is 4.53. The summed E-state index contributed by atoms with van der Waals surface area (Å²) in [5, 5.41) is 10.8. The number of fused-ring (bicyclic) bond motifs is 1. The number of aromatic nitrogens is 4. The van der Waals surface area contributed by atoms with Crippen LogP contribution in [0.4, 0.5) is 5.13 Å². The zero-order valence-corrected chi connectivity index (χ0v) is 13.8. The molecule has 6 heteroatoms. The van der Waals surface area contributed by atoms with Crippen molar-refractivity contribution in [1.82, 2.24) is 20.2 Å². The monoisotopic (exact) mass is 323 g/mol. The number of anilines is 1. The van der Waals surface area contributed by atoms with Gasteiger partial charge < -0.3 is 4.90 Å². The summed E-state index contributed by atoms with van der Waals surface area (Å²) < 4.78 is 0. The van der Waals surface area contributed by atoms with Crippen LogP contribution in [0.3, 0.4) is 0 Å². The summed E-state index contributed by atoms with van der Waals surface area (Å²) in [4.78, 5) is 11.1. The summed E-state index contributed by atoms with van der Waals surface area (Å²) in [6, 6.07) is 10.4. The third kappa shape index (κ3) is 3.07. The number of hydrogen-bond acceptors (Lipinski definition) is 6. The quantitative estimate of drug-likeness (QED) is 0.742. The van der Waals surface area contributed by atoms with Crippen LogP contribution in [0.25, 0.3) is 0 Å². The molecule has 0 bridgehead atoms. The molecule has 0 aliphatic carbocycles. The van der Waals surface area contributed by atoms with Crippen molar-refractivity contribution in [2.45, 2.75) is 26.3 Å². The van der Waals surface area contributed by atoms with Gasteiger partial charge in [-0.15, -0.1) is 10.2 Å². The van der Waals surface area contributed by atoms with Crippen LogP contribution in [0.2, 0.25) is 0 Å². The van der Waals surface area contributed by atoms with E-state index in [4.69, 9.17) is 0 Å². The second-order valence-electron chi connectivity index (χ2n) is 5.70. The minimum atomic E-state index is 0.815. The number of benzene rings is 1. The predicted octanol–water partition coefficient (Wildman–Crippen LogP) is 2.79. The molecule has 1 aliphatic heterocycles. The molecule has 0 saturated heterocycles. The van der Waals surface area contributed by atoms with Gasteiger partial charge >= 0.3 is 0 Å². The van der Waals surface area contributed by atoms with E-state index >= 15 is 0 Å². The SMILES string of the molecule is Cc1ncc2c(n1)CCN(c1nnc(Cc3ccccc3)s1)C2. The van der Waals surface area contributed by atoms with E-state index in [0.717, 1.165) is 41.9 Å². The van der Waals surface area contributed by atoms with Gasteiger partial charge in [0.25, 0.3) is 0 Å². The van der Waals surface area contributed by atoms with Crippen LogP contribution in [0, 0.1) is 6.92 Å². The molecule has 0 atom stereocenters. The Hall–Kier alpha value is -2.34. The molecule has 1 aliphatic rings. The Balaban J connectivity index is 1.50. The zero-order chi connectivity index (χ0) is 15.6. The number of nitrogens with zero attached hydrogens (tertiary/aromatic N) is 5. The summed E-state index contributed by atoms with van der Waals surface area (Å²) in [7, 11) is 0. The highest BCUT2D eigenvalue weighted by molar-refractivity contribution is 7.15. The molecular formula is C17H17N5S. The minimum absolute atomic E-state index is 0.815. The maximum Gasteiger partial charge on any atom is 0.208 e. The van der Waals surface area contributed by atoms with Gasteiger partial charge in [-0.25, -0.2) is 9.97 Å². The first-order valence-corrected chi connectivity index (χ1v) is 8.52. The van der Waals surface area contributed by atoms with Crippen molar-refractivity contribution in [1.29, 1.82) is 0 Å². The topological polar surface area (TPSA) is 54.8 Å². The van der Waals surface area contributed by atoms with Crippen molar-refractivity contribution in [2.24, 2.45) is 0 Å². The smallest absolute Gasteiger partial charge is 0.208 e. The van der Waals surface area contributed by atoms with Crippen LogP contribution >= 0.6 is 11.3 Å². The van der Waals surface area contributed by atoms with Crippen molar-refractivity contribution < 1.29 is 0 Å². The normalized spacial score (nSPS) is 13.9. The van der Waals surface area contributed by atoms with Crippen LogP contribution in [-0.2, 0) is 19.4 Å². The van der Waals surface area contributed by atoms with E-state index < -0.39 is 0 Å². The largest absolute Gasteiger partial charge is 0.342 e. The Kier molecular flexibility index (Phi) is 3.75. The fraction of sp³-hybridized carbons (Fsp3) is 0.294. The molecule has 1 aromatic carbocycles. The van der Waals surface area contributed by atoms with Gasteiger partial charge in [0.2, 0.25) is 5.13 Å². The first-order valence-electron chi connectivity index (χ1n) is 7.70. The summed E-state index contributed by atoms with van der Waals surface area (Å²) >= 11 is 1.67. The Morgan fingerprint density at radius 3 is 2.91 bits per heavy atom. The lowest BCUT2D eigenvalue weighted by Gasteiger charge is -2.27. The van der Waals surface area contributed by atoms with Crippen molar-refractivity contribution in [3.05, 3.63) is 64.2 Å². The summed E-state index contributed by atoms with van der Waals surface area (Å²) in [5.41, 5.74) is 3.63. The summed E-state index contributed by atoms with van der Waals surface area (Å²) in [6.07, 6.45) is 3.72. The molecule has 5 nitrogen and oxygen atoms in total. The lowest BCUT2D eigenvalue weighted by atomic mass is 10.1. The Morgan fingerprint density at radius 2 is 2.04 bits per heavy atom. The van der Waals surface area contributed by atoms with E-state index in [9.17, 15) is 0 Å². The van der Waals surface area contributed by atoms with Gasteiger partial charge in [0.1, 0.15) is 10.8 Å². The molecule has 116 valence electrons. The standard InChI is InChI=1S/C17H17N5S/c1-12-18-10-14-11-22(8-7-15(14)19-12)17-21-20-16(23-17)9-13-5-3-2-4-6-13/h2-6,10H,7-9,11H2,1H3. The molecule has 0 unspecified atom stereocenters. The average molecular weight is 323 g/mol. The molecule has 0 radical (unpaired) electrons. The van der Waals surface area contributed by atoms with Crippen molar-refractivity contribution >= 4 is 16.5 Å². The van der Waals surface area contributed by atoms with E-state index in [1.165, 1.54) is 16.8 Å². The molecule has 0 fully saturated rings. The highest BCUT2D eigenvalue weighted by atomic mass is 32.1. The highest BCUT2D eigenvalue weighted by Gasteiger charge is 2.21. The van der Waals surface area contributed by atoms with Gasteiger partial charge in [0.15, 0.2) is 0 Å². The molecular weight excluding hydrogens is 306 g/mol. The van der Waals surface area contributed by atoms with E-state index in [0.29, 0.717) is 0 Å². The van der Waals surface area contributed by atoms with Crippen LogP contribution < -0.4 is 4.90 Å². The summed E-state index contributed by atoms with van der Waals surface area (Å²) in [5.74, 6) is 0.846. The molecule has 0 spiro atoms. The fourth-order valence-electron chi connectivity index (χ4n) is 2.79. The van der Waals surface area contributed by atoms with Gasteiger partial charge in [-0.05, 0) is 12.5 Å². The van der Waals surface area contributed by atoms with Gasteiger partial charge in [-0.1, -0.05) is 41.7 Å². The van der Waals surface area contributed by atoms with Gasteiger partial charge in [-0.2, -0.15) is 0 Å². The van der Waals surface area contributed by atoms with Crippen molar-refractivity contribution in [3.63, 3.8) is 0 Å². The van der Waals surface area contributed by atoms with Gasteiger partial charge in [-0.3, -0.25) is 0 Å².